The van der Waals surface area contributed by atoms with Crippen LogP contribution < -0.4 is 4.90 Å². The summed E-state index contributed by atoms with van der Waals surface area (Å²) in [5, 5.41) is 0. The maximum atomic E-state index is 12.8. The topological polar surface area (TPSA) is 72.3 Å². The molecule has 1 aliphatic rings. The van der Waals surface area contributed by atoms with Crippen molar-refractivity contribution in [2.45, 2.75) is 6.42 Å². The van der Waals surface area contributed by atoms with Crippen molar-refractivity contribution in [1.82, 2.24) is 9.55 Å². The molecule has 1 aromatic carbocycles. The Kier molecular flexibility index (Phi) is 3.69. The number of hydrogen-bond donors (Lipinski definition) is 0. The van der Waals surface area contributed by atoms with Crippen molar-refractivity contribution in [2.24, 2.45) is 5.92 Å². The van der Waals surface area contributed by atoms with Gasteiger partial charge in [-0.15, -0.1) is 3.89 Å². The summed E-state index contributed by atoms with van der Waals surface area (Å²) >= 11 is 0. The van der Waals surface area contributed by atoms with Gasteiger partial charge in [0.2, 0.25) is 5.91 Å². The number of anilines is 1. The van der Waals surface area contributed by atoms with Gasteiger partial charge < -0.3 is 9.47 Å². The maximum Gasteiger partial charge on any atom is 0.302 e. The first kappa shape index (κ1) is 14.7. The molecule has 1 aliphatic heterocycles. The molecule has 8 heteroatoms. The zero-order valence-corrected chi connectivity index (χ0v) is 12.4. The maximum absolute atomic E-state index is 12.8. The van der Waals surface area contributed by atoms with Crippen molar-refractivity contribution in [2.75, 3.05) is 17.2 Å². The van der Waals surface area contributed by atoms with Crippen LogP contribution >= 0.6 is 0 Å². The van der Waals surface area contributed by atoms with Gasteiger partial charge in [-0.2, -0.15) is 8.42 Å². The first-order valence-corrected chi connectivity index (χ1v) is 8.29. The van der Waals surface area contributed by atoms with E-state index in [1.165, 1.54) is 4.90 Å². The van der Waals surface area contributed by atoms with Crippen molar-refractivity contribution in [3.63, 3.8) is 0 Å². The molecule has 0 N–H and O–H groups in total. The van der Waals surface area contributed by atoms with E-state index in [0.29, 0.717) is 5.69 Å². The number of imidazole rings is 1. The predicted octanol–water partition coefficient (Wildman–Crippen LogP) is 1.52. The second-order valence-corrected chi connectivity index (χ2v) is 6.65. The van der Waals surface area contributed by atoms with Crippen LogP contribution in [0, 0.1) is 5.92 Å². The Hall–Kier alpha value is -2.22. The lowest BCUT2D eigenvalue weighted by Crippen LogP contribution is -2.26. The summed E-state index contributed by atoms with van der Waals surface area (Å²) in [6.07, 6.45) is 5.02. The number of para-hydroxylation sites is 2. The number of halogens is 1. The molecule has 1 amide bonds. The van der Waals surface area contributed by atoms with Crippen LogP contribution in [0.1, 0.15) is 6.42 Å². The molecule has 2 heterocycles. The lowest BCUT2D eigenvalue weighted by molar-refractivity contribution is -0.117. The molecule has 22 heavy (non-hydrogen) atoms. The smallest absolute Gasteiger partial charge is 0.302 e. The Bertz CT molecular complexity index is 789. The van der Waals surface area contributed by atoms with E-state index in [9.17, 15) is 17.1 Å². The molecule has 0 radical (unpaired) electrons. The molecule has 1 aromatic heterocycles. The van der Waals surface area contributed by atoms with Crippen molar-refractivity contribution in [3.8, 4) is 5.69 Å². The fourth-order valence-electron chi connectivity index (χ4n) is 2.72. The molecular weight excluding hydrogens is 309 g/mol. The van der Waals surface area contributed by atoms with Crippen LogP contribution in [0.2, 0.25) is 0 Å². The monoisotopic (exact) mass is 323 g/mol. The van der Waals surface area contributed by atoms with Crippen molar-refractivity contribution < 1.29 is 17.1 Å². The van der Waals surface area contributed by atoms with Gasteiger partial charge in [0.25, 0.3) is 0 Å². The van der Waals surface area contributed by atoms with Crippen LogP contribution in [0.25, 0.3) is 5.69 Å². The summed E-state index contributed by atoms with van der Waals surface area (Å²) in [7, 11) is -4.58. The van der Waals surface area contributed by atoms with Crippen LogP contribution in [0.4, 0.5) is 9.57 Å². The largest absolute Gasteiger partial charge is 0.310 e. The van der Waals surface area contributed by atoms with Crippen LogP contribution in [0.15, 0.2) is 43.0 Å². The summed E-state index contributed by atoms with van der Waals surface area (Å²) in [5.41, 5.74) is 1.42. The van der Waals surface area contributed by atoms with E-state index in [2.05, 4.69) is 4.98 Å². The van der Waals surface area contributed by atoms with E-state index in [1.807, 2.05) is 12.1 Å². The zero-order chi connectivity index (χ0) is 15.7. The number of hydrogen-bond acceptors (Lipinski definition) is 4. The number of rotatable bonds is 4. The highest BCUT2D eigenvalue weighted by Gasteiger charge is 2.34. The van der Waals surface area contributed by atoms with E-state index >= 15 is 0 Å². The molecule has 0 bridgehead atoms. The van der Waals surface area contributed by atoms with Crippen LogP contribution in [0.5, 0.6) is 0 Å². The van der Waals surface area contributed by atoms with Gasteiger partial charge in [0.05, 0.1) is 23.5 Å². The predicted molar refractivity (Wildman–Crippen MR) is 78.9 cm³/mol. The summed E-state index contributed by atoms with van der Waals surface area (Å²) in [4.78, 5) is 17.7. The van der Waals surface area contributed by atoms with Crippen LogP contribution in [-0.2, 0) is 15.0 Å². The molecule has 1 fully saturated rings. The third kappa shape index (κ3) is 3.01. The number of benzene rings is 1. The first-order valence-electron chi connectivity index (χ1n) is 6.74. The van der Waals surface area contributed by atoms with Gasteiger partial charge in [-0.3, -0.25) is 4.79 Å². The molecule has 1 saturated heterocycles. The SMILES string of the molecule is O=C1CC(CS(=O)(=O)F)CN1c1ccccc1-n1ccnc1. The minimum atomic E-state index is -4.58. The number of amides is 1. The number of carbonyl (C=O) groups is 1. The lowest BCUT2D eigenvalue weighted by Gasteiger charge is -2.20. The van der Waals surface area contributed by atoms with Gasteiger partial charge >= 0.3 is 10.2 Å². The third-order valence-corrected chi connectivity index (χ3v) is 4.46. The first-order chi connectivity index (χ1) is 10.4. The van der Waals surface area contributed by atoms with Gasteiger partial charge in [-0.1, -0.05) is 12.1 Å². The molecule has 1 atom stereocenters. The number of carbonyl (C=O) groups excluding carboxylic acids is 1. The minimum Gasteiger partial charge on any atom is -0.310 e. The second-order valence-electron chi connectivity index (χ2n) is 5.24. The summed E-state index contributed by atoms with van der Waals surface area (Å²) in [6, 6.07) is 7.24. The third-order valence-electron chi connectivity index (χ3n) is 3.60. The Labute approximate surface area is 127 Å². The second kappa shape index (κ2) is 5.53. The highest BCUT2D eigenvalue weighted by atomic mass is 32.3. The molecule has 1 unspecified atom stereocenters. The average molecular weight is 323 g/mol. The van der Waals surface area contributed by atoms with Gasteiger partial charge in [0.15, 0.2) is 0 Å². The Morgan fingerprint density at radius 1 is 1.27 bits per heavy atom. The molecule has 0 saturated carbocycles. The van der Waals surface area contributed by atoms with E-state index < -0.39 is 21.9 Å². The lowest BCUT2D eigenvalue weighted by atomic mass is 10.1. The molecule has 0 aliphatic carbocycles. The summed E-state index contributed by atoms with van der Waals surface area (Å²) in [5.74, 6) is -1.36. The molecule has 6 nitrogen and oxygen atoms in total. The highest BCUT2D eigenvalue weighted by molar-refractivity contribution is 7.86. The number of aromatic nitrogens is 2. The molecular formula is C14H14FN3O3S. The number of nitrogens with zero attached hydrogens (tertiary/aromatic N) is 3. The molecule has 116 valence electrons. The molecule has 0 spiro atoms. The fourth-order valence-corrected chi connectivity index (χ4v) is 3.51. The van der Waals surface area contributed by atoms with E-state index in [-0.39, 0.29) is 18.9 Å². The van der Waals surface area contributed by atoms with Gasteiger partial charge in [0, 0.05) is 31.3 Å². The Morgan fingerprint density at radius 2 is 2.00 bits per heavy atom. The van der Waals surface area contributed by atoms with E-state index in [1.54, 1.807) is 35.4 Å². The Balaban J connectivity index is 1.91. The van der Waals surface area contributed by atoms with E-state index in [0.717, 1.165) is 5.69 Å². The molecule has 3 rings (SSSR count). The minimum absolute atomic E-state index is 0.0292. The quantitative estimate of drug-likeness (QED) is 0.800. The van der Waals surface area contributed by atoms with Crippen LogP contribution in [0.3, 0.4) is 0 Å². The zero-order valence-electron chi connectivity index (χ0n) is 11.6. The van der Waals surface area contributed by atoms with E-state index in [4.69, 9.17) is 0 Å². The average Bonchev–Trinajstić information content (AvgIpc) is 3.07. The Morgan fingerprint density at radius 3 is 2.64 bits per heavy atom. The van der Waals surface area contributed by atoms with Gasteiger partial charge in [0.1, 0.15) is 0 Å². The summed E-state index contributed by atoms with van der Waals surface area (Å²) < 4.78 is 36.2. The highest BCUT2D eigenvalue weighted by Crippen LogP contribution is 2.30. The standard InChI is InChI=1S/C14H14FN3O3S/c15-22(20,21)9-11-7-14(19)18(8-11)13-4-2-1-3-12(13)17-6-5-16-10-17/h1-6,10-11H,7-9H2. The molecule has 2 aromatic rings. The van der Waals surface area contributed by atoms with Crippen molar-refractivity contribution in [1.29, 1.82) is 0 Å². The van der Waals surface area contributed by atoms with Gasteiger partial charge in [-0.05, 0) is 12.1 Å². The van der Waals surface area contributed by atoms with Crippen LogP contribution in [-0.4, -0.2) is 36.2 Å². The van der Waals surface area contributed by atoms with Crippen molar-refractivity contribution in [3.05, 3.63) is 43.0 Å². The summed E-state index contributed by atoms with van der Waals surface area (Å²) in [6.45, 7) is 0.188. The van der Waals surface area contributed by atoms with Crippen molar-refractivity contribution >= 4 is 21.8 Å². The van der Waals surface area contributed by atoms with Gasteiger partial charge in [-0.25, -0.2) is 4.98 Å². The normalized spacial score (nSPS) is 18.9. The fraction of sp³-hybridized carbons (Fsp3) is 0.286.